The van der Waals surface area contributed by atoms with Gasteiger partial charge in [0.25, 0.3) is 0 Å². The van der Waals surface area contributed by atoms with Crippen LogP contribution in [0.4, 0.5) is 0 Å². The number of carbonyl (C=O) groups is 1. The molecule has 1 aliphatic carbocycles. The van der Waals surface area contributed by atoms with Crippen molar-refractivity contribution in [2.24, 2.45) is 11.3 Å². The predicted molar refractivity (Wildman–Crippen MR) is 97.6 cm³/mol. The third-order valence-electron chi connectivity index (χ3n) is 5.86. The van der Waals surface area contributed by atoms with Crippen molar-refractivity contribution in [3.63, 3.8) is 0 Å². The molecule has 3 rings (SSSR count). The molecule has 140 valence electrons. The van der Waals surface area contributed by atoms with Crippen LogP contribution in [0.1, 0.15) is 51.2 Å². The molecule has 1 aliphatic heterocycles. The van der Waals surface area contributed by atoms with Gasteiger partial charge in [-0.05, 0) is 61.3 Å². The lowest BCUT2D eigenvalue weighted by Crippen LogP contribution is -2.41. The minimum absolute atomic E-state index is 0.00457. The Morgan fingerprint density at radius 2 is 2.04 bits per heavy atom. The zero-order valence-corrected chi connectivity index (χ0v) is 15.2. The number of benzene rings is 1. The molecule has 0 bridgehead atoms. The summed E-state index contributed by atoms with van der Waals surface area (Å²) in [6.07, 6.45) is 3.39. The van der Waals surface area contributed by atoms with Crippen LogP contribution >= 0.6 is 0 Å². The van der Waals surface area contributed by atoms with Crippen molar-refractivity contribution in [2.75, 3.05) is 0 Å². The third kappa shape index (κ3) is 3.36. The topological polar surface area (TPSA) is 87.0 Å². The highest BCUT2D eigenvalue weighted by atomic mass is 16.5. The molecule has 2 aliphatic rings. The third-order valence-corrected chi connectivity index (χ3v) is 5.86. The molecule has 5 nitrogen and oxygen atoms in total. The Bertz CT molecular complexity index is 762. The van der Waals surface area contributed by atoms with Crippen molar-refractivity contribution in [2.45, 2.75) is 51.7 Å². The first-order valence-corrected chi connectivity index (χ1v) is 8.99. The van der Waals surface area contributed by atoms with Gasteiger partial charge in [-0.3, -0.25) is 0 Å². The Hall–Kier alpha value is -2.27. The van der Waals surface area contributed by atoms with Gasteiger partial charge in [-0.15, -0.1) is 0 Å². The van der Waals surface area contributed by atoms with Gasteiger partial charge in [-0.25, -0.2) is 4.79 Å². The van der Waals surface area contributed by atoms with E-state index in [0.717, 1.165) is 18.4 Å². The number of carbonyl (C=O) groups excluding carboxylic acids is 1. The maximum Gasteiger partial charge on any atom is 0.334 e. The van der Waals surface area contributed by atoms with Crippen molar-refractivity contribution in [3.8, 4) is 11.5 Å². The quantitative estimate of drug-likeness (QED) is 0.433. The summed E-state index contributed by atoms with van der Waals surface area (Å²) in [4.78, 5) is 12.2. The van der Waals surface area contributed by atoms with Crippen LogP contribution in [0, 0.1) is 11.3 Å². The van der Waals surface area contributed by atoms with E-state index < -0.39 is 12.1 Å². The van der Waals surface area contributed by atoms with E-state index in [9.17, 15) is 20.1 Å². The van der Waals surface area contributed by atoms with Crippen LogP contribution in [0.3, 0.4) is 0 Å². The molecule has 1 heterocycles. The fraction of sp³-hybridized carbons (Fsp3) is 0.476. The minimum Gasteiger partial charge on any atom is -0.508 e. The first kappa shape index (κ1) is 18.5. The maximum absolute atomic E-state index is 12.2. The van der Waals surface area contributed by atoms with E-state index in [1.54, 1.807) is 6.08 Å². The molecule has 1 saturated carbocycles. The van der Waals surface area contributed by atoms with E-state index in [0.29, 0.717) is 24.0 Å². The molecule has 0 aromatic heterocycles. The fourth-order valence-electron chi connectivity index (χ4n) is 4.09. The van der Waals surface area contributed by atoms with Crippen LogP contribution in [0.2, 0.25) is 0 Å². The second kappa shape index (κ2) is 6.80. The Balaban J connectivity index is 1.74. The number of hydrogen-bond donors (Lipinski definition) is 3. The minimum atomic E-state index is -0.697. The second-order valence-electron chi connectivity index (χ2n) is 7.89. The summed E-state index contributed by atoms with van der Waals surface area (Å²) in [5, 5.41) is 29.9. The highest BCUT2D eigenvalue weighted by molar-refractivity contribution is 5.91. The second-order valence-corrected chi connectivity index (χ2v) is 7.89. The van der Waals surface area contributed by atoms with Crippen molar-refractivity contribution in [1.82, 2.24) is 0 Å². The zero-order valence-electron chi connectivity index (χ0n) is 15.2. The average Bonchev–Trinajstić information content (AvgIpc) is 2.94. The lowest BCUT2D eigenvalue weighted by atomic mass is 9.63. The molecule has 1 aromatic rings. The van der Waals surface area contributed by atoms with Crippen LogP contribution in [-0.4, -0.2) is 27.4 Å². The molecule has 26 heavy (non-hydrogen) atoms. The Morgan fingerprint density at radius 1 is 1.31 bits per heavy atom. The smallest absolute Gasteiger partial charge is 0.334 e. The molecular formula is C21H26O5. The lowest BCUT2D eigenvalue weighted by molar-refractivity contribution is -0.140. The summed E-state index contributed by atoms with van der Waals surface area (Å²) < 4.78 is 5.36. The van der Waals surface area contributed by atoms with E-state index in [-0.39, 0.29) is 28.9 Å². The molecule has 0 radical (unpaired) electrons. The number of rotatable bonds is 4. The normalized spacial score (nSPS) is 28.0. The molecule has 3 N–H and O–H groups in total. The average molecular weight is 358 g/mol. The van der Waals surface area contributed by atoms with Crippen LogP contribution in [0.15, 0.2) is 42.0 Å². The van der Waals surface area contributed by atoms with Crippen LogP contribution < -0.4 is 0 Å². The SMILES string of the molecule is C=C1CCC(O)C(C)(C)C1CCC1=CC(c2cc(O)ccc2O)OC1=O. The van der Waals surface area contributed by atoms with Crippen molar-refractivity contribution < 1.29 is 24.9 Å². The van der Waals surface area contributed by atoms with E-state index in [2.05, 4.69) is 6.58 Å². The van der Waals surface area contributed by atoms with Gasteiger partial charge in [0.05, 0.1) is 6.10 Å². The molecule has 3 unspecified atom stereocenters. The molecule has 5 heteroatoms. The summed E-state index contributed by atoms with van der Waals surface area (Å²) in [7, 11) is 0. The highest BCUT2D eigenvalue weighted by Crippen LogP contribution is 2.46. The summed E-state index contributed by atoms with van der Waals surface area (Å²) in [5.74, 6) is -0.293. The lowest BCUT2D eigenvalue weighted by Gasteiger charge is -2.44. The van der Waals surface area contributed by atoms with Gasteiger partial charge in [-0.1, -0.05) is 26.0 Å². The van der Waals surface area contributed by atoms with Gasteiger partial charge in [0.1, 0.15) is 17.6 Å². The Labute approximate surface area is 153 Å². The van der Waals surface area contributed by atoms with Crippen molar-refractivity contribution >= 4 is 5.97 Å². The molecule has 0 amide bonds. The number of esters is 1. The number of phenolic OH excluding ortho intramolecular Hbond substituents is 2. The number of aliphatic hydroxyl groups excluding tert-OH is 1. The van der Waals surface area contributed by atoms with Gasteiger partial charge in [0, 0.05) is 11.1 Å². The summed E-state index contributed by atoms with van der Waals surface area (Å²) in [6.45, 7) is 8.25. The van der Waals surface area contributed by atoms with Gasteiger partial charge in [0.15, 0.2) is 0 Å². The molecule has 1 aromatic carbocycles. The number of allylic oxidation sites excluding steroid dienone is 1. The van der Waals surface area contributed by atoms with Gasteiger partial charge < -0.3 is 20.1 Å². The van der Waals surface area contributed by atoms with Gasteiger partial charge in [-0.2, -0.15) is 0 Å². The first-order chi connectivity index (χ1) is 12.2. The molecule has 1 fully saturated rings. The van der Waals surface area contributed by atoms with Crippen molar-refractivity contribution in [3.05, 3.63) is 47.6 Å². The molecular weight excluding hydrogens is 332 g/mol. The van der Waals surface area contributed by atoms with Crippen LogP contribution in [0.5, 0.6) is 11.5 Å². The summed E-state index contributed by atoms with van der Waals surface area (Å²) >= 11 is 0. The Morgan fingerprint density at radius 3 is 2.77 bits per heavy atom. The summed E-state index contributed by atoms with van der Waals surface area (Å²) in [5.41, 5.74) is 1.77. The number of aromatic hydroxyl groups is 2. The molecule has 3 atom stereocenters. The number of cyclic esters (lactones) is 1. The van der Waals surface area contributed by atoms with E-state index in [1.807, 2.05) is 13.8 Å². The van der Waals surface area contributed by atoms with E-state index in [4.69, 9.17) is 4.74 Å². The predicted octanol–water partition coefficient (Wildman–Crippen LogP) is 3.76. The standard InChI is InChI=1S/C21H26O5/c1-12-4-9-19(24)21(2,3)16(12)7-5-13-10-18(26-20(13)25)15-11-14(22)6-8-17(15)23/h6,8,10-11,16,18-19,22-24H,1,4-5,7,9H2,2-3H3. The van der Waals surface area contributed by atoms with Crippen LogP contribution in [-0.2, 0) is 9.53 Å². The monoisotopic (exact) mass is 358 g/mol. The van der Waals surface area contributed by atoms with E-state index >= 15 is 0 Å². The first-order valence-electron chi connectivity index (χ1n) is 8.99. The highest BCUT2D eigenvalue weighted by Gasteiger charge is 2.41. The number of aliphatic hydroxyl groups is 1. The number of ether oxygens (including phenoxy) is 1. The van der Waals surface area contributed by atoms with Crippen molar-refractivity contribution in [1.29, 1.82) is 0 Å². The largest absolute Gasteiger partial charge is 0.508 e. The summed E-state index contributed by atoms with van der Waals surface area (Å²) in [6, 6.07) is 4.15. The zero-order chi connectivity index (χ0) is 19.1. The number of hydrogen-bond acceptors (Lipinski definition) is 5. The van der Waals surface area contributed by atoms with Crippen LogP contribution in [0.25, 0.3) is 0 Å². The maximum atomic E-state index is 12.2. The van der Waals surface area contributed by atoms with E-state index in [1.165, 1.54) is 18.2 Å². The molecule has 0 saturated heterocycles. The van der Waals surface area contributed by atoms with Gasteiger partial charge >= 0.3 is 5.97 Å². The number of phenols is 2. The fourth-order valence-corrected chi connectivity index (χ4v) is 4.09. The molecule has 0 spiro atoms. The Kier molecular flexibility index (Phi) is 4.84. The van der Waals surface area contributed by atoms with Gasteiger partial charge in [0.2, 0.25) is 0 Å².